The van der Waals surface area contributed by atoms with E-state index in [2.05, 4.69) is 46.9 Å². The van der Waals surface area contributed by atoms with Gasteiger partial charge in [0.2, 0.25) is 0 Å². The summed E-state index contributed by atoms with van der Waals surface area (Å²) in [6, 6.07) is 0.482. The van der Waals surface area contributed by atoms with Crippen LogP contribution in [-0.2, 0) is 4.74 Å². The quantitative estimate of drug-likeness (QED) is 0.671. The second-order valence-electron chi connectivity index (χ2n) is 5.23. The van der Waals surface area contributed by atoms with Gasteiger partial charge in [-0.15, -0.1) is 0 Å². The maximum absolute atomic E-state index is 5.94. The van der Waals surface area contributed by atoms with Crippen LogP contribution in [-0.4, -0.2) is 24.8 Å². The molecule has 1 N–H and O–H groups in total. The van der Waals surface area contributed by atoms with Crippen LogP contribution in [0, 0.1) is 5.92 Å². The molecule has 0 saturated heterocycles. The van der Waals surface area contributed by atoms with Crippen molar-refractivity contribution in [3.8, 4) is 0 Å². The smallest absolute Gasteiger partial charge is 0.0629 e. The zero-order chi connectivity index (χ0) is 11.9. The van der Waals surface area contributed by atoms with Crippen LogP contribution in [0.1, 0.15) is 54.4 Å². The largest absolute Gasteiger partial charge is 0.374 e. The molecule has 15 heavy (non-hydrogen) atoms. The molecule has 0 amide bonds. The SMILES string of the molecule is CCCNC(COC(C)(C)CC)C(C)C. The lowest BCUT2D eigenvalue weighted by molar-refractivity contribution is -0.0354. The predicted octanol–water partition coefficient (Wildman–Crippen LogP) is 3.22. The van der Waals surface area contributed by atoms with Crippen LogP contribution in [0.3, 0.4) is 0 Å². The van der Waals surface area contributed by atoms with Crippen molar-refractivity contribution in [3.05, 3.63) is 0 Å². The van der Waals surface area contributed by atoms with Crippen molar-refractivity contribution >= 4 is 0 Å². The molecule has 0 aromatic heterocycles. The Kier molecular flexibility index (Phi) is 7.20. The van der Waals surface area contributed by atoms with Crippen LogP contribution in [0.25, 0.3) is 0 Å². The van der Waals surface area contributed by atoms with Gasteiger partial charge in [0, 0.05) is 6.04 Å². The number of nitrogens with one attached hydrogen (secondary N) is 1. The molecule has 92 valence electrons. The average molecular weight is 215 g/mol. The van der Waals surface area contributed by atoms with Gasteiger partial charge < -0.3 is 10.1 Å². The van der Waals surface area contributed by atoms with Gasteiger partial charge in [0.15, 0.2) is 0 Å². The van der Waals surface area contributed by atoms with Crippen molar-refractivity contribution in [1.29, 1.82) is 0 Å². The fourth-order valence-electron chi connectivity index (χ4n) is 1.23. The van der Waals surface area contributed by atoms with E-state index in [0.29, 0.717) is 12.0 Å². The maximum Gasteiger partial charge on any atom is 0.0629 e. The minimum absolute atomic E-state index is 0.0149. The van der Waals surface area contributed by atoms with Gasteiger partial charge in [0.25, 0.3) is 0 Å². The van der Waals surface area contributed by atoms with E-state index in [1.54, 1.807) is 0 Å². The summed E-state index contributed by atoms with van der Waals surface area (Å²) in [4.78, 5) is 0. The molecule has 0 aromatic rings. The van der Waals surface area contributed by atoms with Gasteiger partial charge in [-0.1, -0.05) is 27.7 Å². The molecular weight excluding hydrogens is 186 g/mol. The van der Waals surface area contributed by atoms with Crippen LogP contribution >= 0.6 is 0 Å². The molecule has 0 spiro atoms. The van der Waals surface area contributed by atoms with E-state index in [1.807, 2.05) is 0 Å². The van der Waals surface area contributed by atoms with Gasteiger partial charge in [0.05, 0.1) is 12.2 Å². The van der Waals surface area contributed by atoms with E-state index in [1.165, 1.54) is 6.42 Å². The zero-order valence-electron chi connectivity index (χ0n) is 11.4. The van der Waals surface area contributed by atoms with E-state index in [4.69, 9.17) is 4.74 Å². The molecule has 0 saturated carbocycles. The van der Waals surface area contributed by atoms with Gasteiger partial charge in [-0.25, -0.2) is 0 Å². The summed E-state index contributed by atoms with van der Waals surface area (Å²) in [5.41, 5.74) is 0.0149. The molecule has 0 bridgehead atoms. The highest BCUT2D eigenvalue weighted by Gasteiger charge is 2.19. The van der Waals surface area contributed by atoms with E-state index in [0.717, 1.165) is 19.6 Å². The Balaban J connectivity index is 3.95. The Morgan fingerprint density at radius 2 is 1.80 bits per heavy atom. The molecule has 0 radical (unpaired) electrons. The Labute approximate surface area is 95.8 Å². The molecule has 0 rings (SSSR count). The summed E-state index contributed by atoms with van der Waals surface area (Å²) >= 11 is 0. The van der Waals surface area contributed by atoms with Crippen LogP contribution in [0.2, 0.25) is 0 Å². The van der Waals surface area contributed by atoms with Crippen molar-refractivity contribution in [2.24, 2.45) is 5.92 Å². The van der Waals surface area contributed by atoms with Gasteiger partial charge >= 0.3 is 0 Å². The molecule has 0 aliphatic carbocycles. The van der Waals surface area contributed by atoms with Crippen LogP contribution in [0.5, 0.6) is 0 Å². The molecule has 1 atom stereocenters. The van der Waals surface area contributed by atoms with Gasteiger partial charge in [-0.3, -0.25) is 0 Å². The number of rotatable bonds is 8. The standard InChI is InChI=1S/C13H29NO/c1-7-9-14-12(11(3)4)10-15-13(5,6)8-2/h11-12,14H,7-10H2,1-6H3. The summed E-state index contributed by atoms with van der Waals surface area (Å²) in [5, 5.41) is 3.54. The number of hydrogen-bond donors (Lipinski definition) is 1. The minimum Gasteiger partial charge on any atom is -0.374 e. The lowest BCUT2D eigenvalue weighted by Gasteiger charge is -2.29. The summed E-state index contributed by atoms with van der Waals surface area (Å²) in [6.07, 6.45) is 2.24. The second kappa shape index (κ2) is 7.24. The van der Waals surface area contributed by atoms with Crippen LogP contribution in [0.15, 0.2) is 0 Å². The first-order valence-electron chi connectivity index (χ1n) is 6.30. The monoisotopic (exact) mass is 215 g/mol. The third-order valence-corrected chi connectivity index (χ3v) is 2.97. The molecule has 0 aliphatic rings. The van der Waals surface area contributed by atoms with Crippen LogP contribution in [0.4, 0.5) is 0 Å². The van der Waals surface area contributed by atoms with Crippen molar-refractivity contribution < 1.29 is 4.74 Å². The van der Waals surface area contributed by atoms with Crippen molar-refractivity contribution in [2.45, 2.75) is 66.0 Å². The molecule has 2 nitrogen and oxygen atoms in total. The Hall–Kier alpha value is -0.0800. The first-order valence-corrected chi connectivity index (χ1v) is 6.30. The van der Waals surface area contributed by atoms with Gasteiger partial charge in [0.1, 0.15) is 0 Å². The lowest BCUT2D eigenvalue weighted by atomic mass is 10.0. The maximum atomic E-state index is 5.94. The molecule has 0 aromatic carbocycles. The summed E-state index contributed by atoms with van der Waals surface area (Å²) < 4.78 is 5.94. The fourth-order valence-corrected chi connectivity index (χ4v) is 1.23. The highest BCUT2D eigenvalue weighted by molar-refractivity contribution is 4.73. The van der Waals surface area contributed by atoms with E-state index in [-0.39, 0.29) is 5.60 Å². The second-order valence-corrected chi connectivity index (χ2v) is 5.23. The Morgan fingerprint density at radius 3 is 2.20 bits per heavy atom. The van der Waals surface area contributed by atoms with Crippen LogP contribution < -0.4 is 5.32 Å². The zero-order valence-corrected chi connectivity index (χ0v) is 11.4. The molecule has 0 heterocycles. The molecule has 0 fully saturated rings. The fraction of sp³-hybridized carbons (Fsp3) is 1.00. The molecule has 2 heteroatoms. The Bertz CT molecular complexity index is 155. The summed E-state index contributed by atoms with van der Waals surface area (Å²) in [5.74, 6) is 0.629. The minimum atomic E-state index is 0.0149. The Morgan fingerprint density at radius 1 is 1.20 bits per heavy atom. The van der Waals surface area contributed by atoms with E-state index < -0.39 is 0 Å². The van der Waals surface area contributed by atoms with Crippen molar-refractivity contribution in [2.75, 3.05) is 13.2 Å². The third-order valence-electron chi connectivity index (χ3n) is 2.97. The van der Waals surface area contributed by atoms with E-state index in [9.17, 15) is 0 Å². The highest BCUT2D eigenvalue weighted by Crippen LogP contribution is 2.15. The molecule has 0 aliphatic heterocycles. The topological polar surface area (TPSA) is 21.3 Å². The van der Waals surface area contributed by atoms with Crippen molar-refractivity contribution in [3.63, 3.8) is 0 Å². The normalized spacial score (nSPS) is 14.6. The van der Waals surface area contributed by atoms with E-state index >= 15 is 0 Å². The first-order chi connectivity index (χ1) is 6.93. The summed E-state index contributed by atoms with van der Waals surface area (Å²) in [7, 11) is 0. The number of ether oxygens (including phenoxy) is 1. The predicted molar refractivity (Wildman–Crippen MR) is 67.2 cm³/mol. The highest BCUT2D eigenvalue weighted by atomic mass is 16.5. The van der Waals surface area contributed by atoms with Gasteiger partial charge in [-0.05, 0) is 39.2 Å². The molecular formula is C13H29NO. The van der Waals surface area contributed by atoms with Gasteiger partial charge in [-0.2, -0.15) is 0 Å². The average Bonchev–Trinajstić information content (AvgIpc) is 2.17. The lowest BCUT2D eigenvalue weighted by Crippen LogP contribution is -2.41. The first kappa shape index (κ1) is 14.9. The van der Waals surface area contributed by atoms with Crippen molar-refractivity contribution in [1.82, 2.24) is 5.32 Å². The third kappa shape index (κ3) is 6.91. The summed E-state index contributed by atoms with van der Waals surface area (Å²) in [6.45, 7) is 15.1. The molecule has 1 unspecified atom stereocenters. The number of hydrogen-bond acceptors (Lipinski definition) is 2.